The van der Waals surface area contributed by atoms with Gasteiger partial charge in [-0.05, 0) is 49.2 Å². The zero-order valence-corrected chi connectivity index (χ0v) is 17.2. The van der Waals surface area contributed by atoms with Crippen molar-refractivity contribution >= 4 is 50.1 Å². The van der Waals surface area contributed by atoms with Crippen LogP contribution in [0.4, 0.5) is 5.82 Å². The van der Waals surface area contributed by atoms with Gasteiger partial charge in [0.2, 0.25) is 0 Å². The lowest BCUT2D eigenvalue weighted by Crippen LogP contribution is -2.13. The van der Waals surface area contributed by atoms with Gasteiger partial charge in [-0.15, -0.1) is 0 Å². The molecule has 0 saturated heterocycles. The van der Waals surface area contributed by atoms with E-state index in [1.807, 2.05) is 26.0 Å². The Balaban J connectivity index is 1.65. The lowest BCUT2D eigenvalue weighted by Gasteiger charge is -2.07. The standard InChI is InChI=1S/C18H15Cl2N5O2S/c1-9-6-12-13(7-10(9)2)22-18(21-12)14-8-16(24-23-14)25-28(26,27)15-5-3-4-11(19)17(15)20/h3-8H,1-2H3,(H,21,22)(H2,23,24,25). The van der Waals surface area contributed by atoms with Gasteiger partial charge in [-0.3, -0.25) is 9.82 Å². The molecule has 2 heterocycles. The third kappa shape index (κ3) is 3.34. The molecule has 3 N–H and O–H groups in total. The predicted octanol–water partition coefficient (Wildman–Crippen LogP) is 4.68. The maximum Gasteiger partial charge on any atom is 0.264 e. The Morgan fingerprint density at radius 3 is 2.61 bits per heavy atom. The van der Waals surface area contributed by atoms with Gasteiger partial charge >= 0.3 is 0 Å². The number of fused-ring (bicyclic) bond motifs is 1. The number of H-pyrrole nitrogens is 2. The van der Waals surface area contributed by atoms with Gasteiger partial charge in [0.05, 0.1) is 21.1 Å². The van der Waals surface area contributed by atoms with Crippen LogP contribution in [0.1, 0.15) is 11.1 Å². The van der Waals surface area contributed by atoms with Crippen LogP contribution in [0.15, 0.2) is 41.3 Å². The maximum absolute atomic E-state index is 12.6. The summed E-state index contributed by atoms with van der Waals surface area (Å²) < 4.78 is 27.6. The van der Waals surface area contributed by atoms with E-state index in [9.17, 15) is 8.42 Å². The van der Waals surface area contributed by atoms with Crippen LogP contribution in [-0.4, -0.2) is 28.6 Å². The number of hydrogen-bond acceptors (Lipinski definition) is 4. The maximum atomic E-state index is 12.6. The first-order valence-corrected chi connectivity index (χ1v) is 10.5. The van der Waals surface area contributed by atoms with Gasteiger partial charge in [0, 0.05) is 6.07 Å². The second kappa shape index (κ2) is 6.80. The average Bonchev–Trinajstić information content (AvgIpc) is 3.24. The Labute approximate surface area is 171 Å². The molecule has 0 amide bonds. The summed E-state index contributed by atoms with van der Waals surface area (Å²) in [5.41, 5.74) is 4.55. The molecule has 144 valence electrons. The number of aromatic nitrogens is 4. The fourth-order valence-corrected chi connectivity index (χ4v) is 4.53. The summed E-state index contributed by atoms with van der Waals surface area (Å²) in [6, 6.07) is 9.95. The van der Waals surface area contributed by atoms with Crippen LogP contribution in [0.3, 0.4) is 0 Å². The molecule has 0 aliphatic heterocycles. The van der Waals surface area contributed by atoms with Gasteiger partial charge in [-0.25, -0.2) is 13.4 Å². The van der Waals surface area contributed by atoms with Crippen molar-refractivity contribution in [1.82, 2.24) is 20.2 Å². The second-order valence-electron chi connectivity index (χ2n) is 6.36. The molecule has 0 spiro atoms. The Kier molecular flexibility index (Phi) is 4.57. The monoisotopic (exact) mass is 435 g/mol. The summed E-state index contributed by atoms with van der Waals surface area (Å²) in [6.07, 6.45) is 0. The SMILES string of the molecule is Cc1cc2nc(-c3cc(NS(=O)(=O)c4cccc(Cl)c4Cl)n[nH]3)[nH]c2cc1C. The molecule has 10 heteroatoms. The molecule has 0 saturated carbocycles. The van der Waals surface area contributed by atoms with Crippen LogP contribution in [0.2, 0.25) is 10.0 Å². The highest BCUT2D eigenvalue weighted by Gasteiger charge is 2.21. The number of nitrogens with zero attached hydrogens (tertiary/aromatic N) is 2. The number of anilines is 1. The van der Waals surface area contributed by atoms with Crippen LogP contribution in [0.25, 0.3) is 22.6 Å². The van der Waals surface area contributed by atoms with Crippen LogP contribution in [0.5, 0.6) is 0 Å². The normalized spacial score (nSPS) is 11.9. The second-order valence-corrected chi connectivity index (χ2v) is 8.80. The molecule has 0 bridgehead atoms. The smallest absolute Gasteiger partial charge is 0.264 e. The van der Waals surface area contributed by atoms with Crippen molar-refractivity contribution < 1.29 is 8.42 Å². The molecular weight excluding hydrogens is 421 g/mol. The zero-order chi connectivity index (χ0) is 20.1. The minimum Gasteiger partial charge on any atom is -0.337 e. The predicted molar refractivity (Wildman–Crippen MR) is 110 cm³/mol. The van der Waals surface area contributed by atoms with E-state index in [1.165, 1.54) is 18.2 Å². The number of sulfonamides is 1. The first kappa shape index (κ1) is 18.8. The van der Waals surface area contributed by atoms with Gasteiger partial charge in [0.15, 0.2) is 11.6 Å². The van der Waals surface area contributed by atoms with Gasteiger partial charge in [-0.2, -0.15) is 5.10 Å². The van der Waals surface area contributed by atoms with E-state index >= 15 is 0 Å². The largest absolute Gasteiger partial charge is 0.337 e. The van der Waals surface area contributed by atoms with Crippen LogP contribution in [-0.2, 0) is 10.0 Å². The summed E-state index contributed by atoms with van der Waals surface area (Å²) >= 11 is 11.9. The first-order chi connectivity index (χ1) is 13.2. The van der Waals surface area contributed by atoms with Crippen molar-refractivity contribution in [3.63, 3.8) is 0 Å². The third-order valence-corrected chi connectivity index (χ3v) is 6.70. The van der Waals surface area contributed by atoms with Crippen LogP contribution < -0.4 is 4.72 Å². The Bertz CT molecular complexity index is 1270. The summed E-state index contributed by atoms with van der Waals surface area (Å²) in [5.74, 6) is 0.664. The van der Waals surface area contributed by atoms with Gasteiger partial charge < -0.3 is 4.98 Å². The molecule has 0 unspecified atom stereocenters. The minimum atomic E-state index is -3.95. The lowest BCUT2D eigenvalue weighted by molar-refractivity contribution is 0.601. The van der Waals surface area contributed by atoms with Crippen molar-refractivity contribution in [2.75, 3.05) is 4.72 Å². The molecule has 4 aromatic rings. The Morgan fingerprint density at radius 2 is 1.82 bits per heavy atom. The number of nitrogens with one attached hydrogen (secondary N) is 3. The molecule has 7 nitrogen and oxygen atoms in total. The first-order valence-electron chi connectivity index (χ1n) is 8.24. The topological polar surface area (TPSA) is 104 Å². The molecule has 0 radical (unpaired) electrons. The van der Waals surface area contributed by atoms with E-state index in [4.69, 9.17) is 23.2 Å². The van der Waals surface area contributed by atoms with Gasteiger partial charge in [-0.1, -0.05) is 29.3 Å². The van der Waals surface area contributed by atoms with E-state index in [0.717, 1.165) is 22.2 Å². The number of rotatable bonds is 4. The average molecular weight is 436 g/mol. The quantitative estimate of drug-likeness (QED) is 0.432. The van der Waals surface area contributed by atoms with E-state index < -0.39 is 10.0 Å². The molecule has 0 fully saturated rings. The van der Waals surface area contributed by atoms with Crippen molar-refractivity contribution in [1.29, 1.82) is 0 Å². The summed E-state index contributed by atoms with van der Waals surface area (Å²) in [6.45, 7) is 4.05. The number of hydrogen-bond donors (Lipinski definition) is 3. The zero-order valence-electron chi connectivity index (χ0n) is 14.8. The number of halogens is 2. The Hall–Kier alpha value is -2.55. The van der Waals surface area contributed by atoms with Crippen LogP contribution in [0, 0.1) is 13.8 Å². The minimum absolute atomic E-state index is 0.0459. The van der Waals surface area contributed by atoms with Crippen LogP contribution >= 0.6 is 23.2 Å². The molecule has 0 aliphatic carbocycles. The highest BCUT2D eigenvalue weighted by Crippen LogP contribution is 2.30. The molecular formula is C18H15Cl2N5O2S. The van der Waals surface area contributed by atoms with E-state index in [1.54, 1.807) is 6.07 Å². The third-order valence-electron chi connectivity index (χ3n) is 4.37. The summed E-state index contributed by atoms with van der Waals surface area (Å²) in [7, 11) is -3.95. The van der Waals surface area contributed by atoms with Crippen molar-refractivity contribution in [2.45, 2.75) is 18.7 Å². The lowest BCUT2D eigenvalue weighted by atomic mass is 10.1. The number of aromatic amines is 2. The number of imidazole rings is 1. The van der Waals surface area contributed by atoms with Gasteiger partial charge in [0.25, 0.3) is 10.0 Å². The van der Waals surface area contributed by atoms with Crippen molar-refractivity contribution in [2.24, 2.45) is 0 Å². The number of benzene rings is 2. The van der Waals surface area contributed by atoms with Crippen molar-refractivity contribution in [3.8, 4) is 11.5 Å². The fraction of sp³-hybridized carbons (Fsp3) is 0.111. The van der Waals surface area contributed by atoms with E-state index in [0.29, 0.717) is 11.5 Å². The molecule has 2 aromatic carbocycles. The number of aryl methyl sites for hydroxylation is 2. The Morgan fingerprint density at radius 1 is 1.07 bits per heavy atom. The van der Waals surface area contributed by atoms with E-state index in [-0.39, 0.29) is 20.8 Å². The fourth-order valence-electron chi connectivity index (χ4n) is 2.78. The molecule has 4 rings (SSSR count). The van der Waals surface area contributed by atoms with Gasteiger partial charge in [0.1, 0.15) is 10.6 Å². The molecule has 0 atom stereocenters. The molecule has 0 aliphatic rings. The van der Waals surface area contributed by atoms with Crippen molar-refractivity contribution in [3.05, 3.63) is 57.6 Å². The van der Waals surface area contributed by atoms with E-state index in [2.05, 4.69) is 24.9 Å². The highest BCUT2D eigenvalue weighted by molar-refractivity contribution is 7.92. The highest BCUT2D eigenvalue weighted by atomic mass is 35.5. The molecule has 28 heavy (non-hydrogen) atoms. The summed E-state index contributed by atoms with van der Waals surface area (Å²) in [5, 5.41) is 6.90. The molecule has 2 aromatic heterocycles. The summed E-state index contributed by atoms with van der Waals surface area (Å²) in [4.78, 5) is 7.62.